The standard InChI is InChI=1S/C28H21ClN2O6/c1-15-23(28(33)36-2)24(25-26(30-15)19-8-3-4-9-20(19)27(25)32)17-10-11-22(21(29)13-17)37-14-16-6-5-7-18(12-16)31(34)35/h3-13,24,30H,14H2,1-2H3/t24-/m0/s1. The maximum Gasteiger partial charge on any atom is 0.336 e. The Labute approximate surface area is 217 Å². The molecule has 0 bridgehead atoms. The number of hydrogen-bond acceptors (Lipinski definition) is 7. The van der Waals surface area contributed by atoms with Crippen LogP contribution in [-0.2, 0) is 16.1 Å². The zero-order valence-electron chi connectivity index (χ0n) is 19.9. The number of methoxy groups -OCH3 is 1. The first-order chi connectivity index (χ1) is 17.8. The molecule has 0 radical (unpaired) electrons. The molecule has 0 fully saturated rings. The molecular formula is C28H21ClN2O6. The van der Waals surface area contributed by atoms with E-state index in [9.17, 15) is 19.7 Å². The minimum atomic E-state index is -0.702. The minimum absolute atomic E-state index is 0.0303. The normalized spacial score (nSPS) is 16.2. The molecule has 3 aromatic carbocycles. The summed E-state index contributed by atoms with van der Waals surface area (Å²) in [6, 6.07) is 18.5. The second kappa shape index (κ2) is 9.55. The molecule has 5 rings (SSSR count). The van der Waals surface area contributed by atoms with Crippen molar-refractivity contribution < 1.29 is 24.0 Å². The van der Waals surface area contributed by atoms with Crippen molar-refractivity contribution in [1.82, 2.24) is 5.32 Å². The van der Waals surface area contributed by atoms with Crippen LogP contribution in [0.5, 0.6) is 5.75 Å². The maximum atomic E-state index is 13.5. The highest BCUT2D eigenvalue weighted by atomic mass is 35.5. The van der Waals surface area contributed by atoms with Gasteiger partial charge in [-0.3, -0.25) is 14.9 Å². The number of carbonyl (C=O) groups excluding carboxylic acids is 2. The van der Waals surface area contributed by atoms with E-state index in [1.165, 1.54) is 19.2 Å². The summed E-state index contributed by atoms with van der Waals surface area (Å²) in [6.07, 6.45) is 0. The Balaban J connectivity index is 1.51. The predicted molar refractivity (Wildman–Crippen MR) is 137 cm³/mol. The van der Waals surface area contributed by atoms with E-state index in [0.717, 1.165) is 5.56 Å². The SMILES string of the molecule is COC(=O)C1=C(C)NC2=C(C(=O)c3ccccc32)[C@H]1c1ccc(OCc2cccc([N+](=O)[O-])c2)c(Cl)c1. The van der Waals surface area contributed by atoms with E-state index >= 15 is 0 Å². The second-order valence-corrected chi connectivity index (χ2v) is 9.06. The Hall–Kier alpha value is -4.43. The molecule has 1 N–H and O–H groups in total. The molecule has 0 saturated heterocycles. The summed E-state index contributed by atoms with van der Waals surface area (Å²) in [6.45, 7) is 1.84. The number of ether oxygens (including phenoxy) is 2. The maximum absolute atomic E-state index is 13.5. The molecule has 8 nitrogen and oxygen atoms in total. The van der Waals surface area contributed by atoms with Gasteiger partial charge in [0.05, 0.1) is 28.3 Å². The van der Waals surface area contributed by atoms with Crippen LogP contribution in [0.25, 0.3) is 5.70 Å². The van der Waals surface area contributed by atoms with Crippen LogP contribution in [0, 0.1) is 10.1 Å². The number of dihydropyridines is 1. The molecule has 0 spiro atoms. The molecule has 1 aliphatic heterocycles. The number of nitrogens with zero attached hydrogens (tertiary/aromatic N) is 1. The highest BCUT2D eigenvalue weighted by molar-refractivity contribution is 6.32. The summed E-state index contributed by atoms with van der Waals surface area (Å²) in [5.74, 6) is -1.06. The van der Waals surface area contributed by atoms with E-state index < -0.39 is 16.8 Å². The number of fused-ring (bicyclic) bond motifs is 2. The van der Waals surface area contributed by atoms with E-state index in [0.29, 0.717) is 45.0 Å². The molecule has 9 heteroatoms. The monoisotopic (exact) mass is 516 g/mol. The fourth-order valence-corrected chi connectivity index (χ4v) is 5.02. The third-order valence-electron chi connectivity index (χ3n) is 6.46. The van der Waals surface area contributed by atoms with Crippen molar-refractivity contribution >= 4 is 34.7 Å². The molecule has 0 unspecified atom stereocenters. The van der Waals surface area contributed by atoms with Crippen molar-refractivity contribution in [1.29, 1.82) is 0 Å². The van der Waals surface area contributed by atoms with Crippen LogP contribution in [0.3, 0.4) is 0 Å². The number of ketones is 1. The van der Waals surface area contributed by atoms with Crippen LogP contribution < -0.4 is 10.1 Å². The van der Waals surface area contributed by atoms with Gasteiger partial charge in [-0.25, -0.2) is 4.79 Å². The average molecular weight is 517 g/mol. The Bertz CT molecular complexity index is 1540. The molecular weight excluding hydrogens is 496 g/mol. The van der Waals surface area contributed by atoms with Gasteiger partial charge in [0.15, 0.2) is 5.78 Å². The average Bonchev–Trinajstić information content (AvgIpc) is 3.18. The fourth-order valence-electron chi connectivity index (χ4n) is 4.78. The number of rotatable bonds is 6. The van der Waals surface area contributed by atoms with Crippen molar-refractivity contribution in [2.24, 2.45) is 0 Å². The van der Waals surface area contributed by atoms with E-state index in [1.807, 2.05) is 12.1 Å². The number of carbonyl (C=O) groups is 2. The van der Waals surface area contributed by atoms with Crippen molar-refractivity contribution in [3.8, 4) is 5.75 Å². The summed E-state index contributed by atoms with van der Waals surface area (Å²) < 4.78 is 10.9. The summed E-state index contributed by atoms with van der Waals surface area (Å²) in [4.78, 5) is 36.9. The van der Waals surface area contributed by atoms with Crippen LogP contribution in [0.1, 0.15) is 39.9 Å². The first kappa shape index (κ1) is 24.3. The Morgan fingerprint density at radius 2 is 1.84 bits per heavy atom. The van der Waals surface area contributed by atoms with Gasteiger partial charge in [-0.15, -0.1) is 0 Å². The first-order valence-electron chi connectivity index (χ1n) is 11.4. The lowest BCUT2D eigenvalue weighted by atomic mass is 9.80. The Morgan fingerprint density at radius 3 is 2.54 bits per heavy atom. The summed E-state index contributed by atoms with van der Waals surface area (Å²) in [7, 11) is 1.30. The van der Waals surface area contributed by atoms with E-state index in [4.69, 9.17) is 21.1 Å². The third kappa shape index (κ3) is 4.25. The van der Waals surface area contributed by atoms with E-state index in [2.05, 4.69) is 5.32 Å². The molecule has 1 aliphatic carbocycles. The van der Waals surface area contributed by atoms with Gasteiger partial charge in [0.2, 0.25) is 0 Å². The number of nitrogens with one attached hydrogen (secondary N) is 1. The van der Waals surface area contributed by atoms with Crippen LogP contribution in [0.15, 0.2) is 83.6 Å². The molecule has 0 aromatic heterocycles. The molecule has 1 atom stereocenters. The lowest BCUT2D eigenvalue weighted by Gasteiger charge is -2.29. The number of Topliss-reactive ketones (excluding diaryl/α,β-unsaturated/α-hetero) is 1. The van der Waals surface area contributed by atoms with Crippen molar-refractivity contribution in [3.63, 3.8) is 0 Å². The fraction of sp³-hybridized carbons (Fsp3) is 0.143. The van der Waals surface area contributed by atoms with Gasteiger partial charge >= 0.3 is 5.97 Å². The highest BCUT2D eigenvalue weighted by Crippen LogP contribution is 2.47. The van der Waals surface area contributed by atoms with Gasteiger partial charge in [0.25, 0.3) is 5.69 Å². The number of esters is 1. The predicted octanol–water partition coefficient (Wildman–Crippen LogP) is 5.57. The van der Waals surface area contributed by atoms with Crippen LogP contribution >= 0.6 is 11.6 Å². The van der Waals surface area contributed by atoms with Crippen molar-refractivity contribution in [2.75, 3.05) is 7.11 Å². The van der Waals surface area contributed by atoms with E-state index in [-0.39, 0.29) is 23.1 Å². The summed E-state index contributed by atoms with van der Waals surface area (Å²) >= 11 is 6.58. The quantitative estimate of drug-likeness (QED) is 0.259. The number of nitro benzene ring substituents is 1. The topological polar surface area (TPSA) is 108 Å². The second-order valence-electron chi connectivity index (χ2n) is 8.66. The number of non-ortho nitro benzene ring substituents is 1. The Kier molecular flexibility index (Phi) is 6.27. The summed E-state index contributed by atoms with van der Waals surface area (Å²) in [5.41, 5.74) is 4.58. The van der Waals surface area contributed by atoms with Gasteiger partial charge in [0.1, 0.15) is 12.4 Å². The molecule has 37 heavy (non-hydrogen) atoms. The van der Waals surface area contributed by atoms with Crippen LogP contribution in [-0.4, -0.2) is 23.8 Å². The zero-order chi connectivity index (χ0) is 26.3. The molecule has 0 saturated carbocycles. The van der Waals surface area contributed by atoms with Crippen molar-refractivity contribution in [3.05, 3.63) is 121 Å². The van der Waals surface area contributed by atoms with Crippen LogP contribution in [0.2, 0.25) is 5.02 Å². The van der Waals surface area contributed by atoms with Gasteiger partial charge in [-0.2, -0.15) is 0 Å². The number of hydrogen-bond donors (Lipinski definition) is 1. The lowest BCUT2D eigenvalue weighted by molar-refractivity contribution is -0.384. The van der Waals surface area contributed by atoms with Gasteiger partial charge in [0, 0.05) is 40.4 Å². The molecule has 0 amide bonds. The number of halogens is 1. The third-order valence-corrected chi connectivity index (χ3v) is 6.75. The molecule has 186 valence electrons. The number of allylic oxidation sites excluding steroid dienone is 2. The molecule has 1 heterocycles. The molecule has 3 aromatic rings. The molecule has 2 aliphatic rings. The lowest BCUT2D eigenvalue weighted by Crippen LogP contribution is -2.29. The van der Waals surface area contributed by atoms with E-state index in [1.54, 1.807) is 49.4 Å². The van der Waals surface area contributed by atoms with Gasteiger partial charge < -0.3 is 14.8 Å². The first-order valence-corrected chi connectivity index (χ1v) is 11.8. The summed E-state index contributed by atoms with van der Waals surface area (Å²) in [5, 5.41) is 14.5. The Morgan fingerprint density at radius 1 is 1.08 bits per heavy atom. The number of nitro groups is 1. The van der Waals surface area contributed by atoms with Gasteiger partial charge in [-0.05, 0) is 30.2 Å². The van der Waals surface area contributed by atoms with Gasteiger partial charge in [-0.1, -0.05) is 54.1 Å². The number of benzene rings is 3. The minimum Gasteiger partial charge on any atom is -0.487 e. The van der Waals surface area contributed by atoms with Crippen LogP contribution in [0.4, 0.5) is 5.69 Å². The smallest absolute Gasteiger partial charge is 0.336 e. The zero-order valence-corrected chi connectivity index (χ0v) is 20.7. The van der Waals surface area contributed by atoms with Crippen molar-refractivity contribution in [2.45, 2.75) is 19.4 Å². The highest BCUT2D eigenvalue weighted by Gasteiger charge is 2.42. The largest absolute Gasteiger partial charge is 0.487 e.